The van der Waals surface area contributed by atoms with E-state index in [1.165, 1.54) is 6.92 Å². The monoisotopic (exact) mass is 436 g/mol. The van der Waals surface area contributed by atoms with Gasteiger partial charge in [-0.25, -0.2) is 8.42 Å². The number of sulfonamides is 1. The molecule has 1 aliphatic heterocycles. The van der Waals surface area contributed by atoms with Crippen LogP contribution < -0.4 is 9.62 Å². The summed E-state index contributed by atoms with van der Waals surface area (Å²) in [6.07, 6.45) is 1.43. The number of benzene rings is 2. The minimum atomic E-state index is -3.80. The summed E-state index contributed by atoms with van der Waals surface area (Å²) < 4.78 is 29.2. The van der Waals surface area contributed by atoms with Gasteiger partial charge in [-0.2, -0.15) is 0 Å². The molecule has 0 spiro atoms. The van der Waals surface area contributed by atoms with Gasteiger partial charge in [-0.3, -0.25) is 9.52 Å². The Labute approximate surface area is 162 Å². The topological polar surface area (TPSA) is 66.5 Å². The SMILES string of the molecule is CCc1ccccc1NS(=O)(=O)c1cc2c(cc1Br)C[C@@H](C)N2C(C)=O. The second kappa shape index (κ2) is 7.04. The molecule has 0 radical (unpaired) electrons. The van der Waals surface area contributed by atoms with E-state index in [0.29, 0.717) is 22.3 Å². The van der Waals surface area contributed by atoms with Crippen molar-refractivity contribution in [2.75, 3.05) is 9.62 Å². The van der Waals surface area contributed by atoms with E-state index in [2.05, 4.69) is 20.7 Å². The summed E-state index contributed by atoms with van der Waals surface area (Å²) in [4.78, 5) is 13.8. The highest BCUT2D eigenvalue weighted by molar-refractivity contribution is 9.10. The molecule has 0 unspecified atom stereocenters. The number of anilines is 2. The van der Waals surface area contributed by atoms with E-state index in [-0.39, 0.29) is 16.8 Å². The van der Waals surface area contributed by atoms with E-state index in [1.54, 1.807) is 29.2 Å². The Morgan fingerprint density at radius 1 is 1.31 bits per heavy atom. The number of nitrogens with zero attached hydrogens (tertiary/aromatic N) is 1. The summed E-state index contributed by atoms with van der Waals surface area (Å²) in [6, 6.07) is 10.7. The minimum Gasteiger partial charge on any atom is -0.309 e. The van der Waals surface area contributed by atoms with Crippen LogP contribution in [0.2, 0.25) is 0 Å². The fraction of sp³-hybridized carbons (Fsp3) is 0.316. The molecule has 0 saturated carbocycles. The molecule has 3 rings (SSSR count). The second-order valence-corrected chi connectivity index (χ2v) is 8.97. The number of hydrogen-bond donors (Lipinski definition) is 1. The number of carbonyl (C=O) groups excluding carboxylic acids is 1. The fourth-order valence-electron chi connectivity index (χ4n) is 3.43. The molecule has 7 heteroatoms. The van der Waals surface area contributed by atoms with Crippen molar-refractivity contribution in [3.63, 3.8) is 0 Å². The molecule has 1 atom stereocenters. The van der Waals surface area contributed by atoms with E-state index in [1.807, 2.05) is 26.0 Å². The molecule has 0 bridgehead atoms. The van der Waals surface area contributed by atoms with Crippen molar-refractivity contribution in [3.05, 3.63) is 52.0 Å². The quantitative estimate of drug-likeness (QED) is 0.783. The van der Waals surface area contributed by atoms with E-state index in [4.69, 9.17) is 0 Å². The van der Waals surface area contributed by atoms with Crippen molar-refractivity contribution in [1.82, 2.24) is 0 Å². The van der Waals surface area contributed by atoms with Gasteiger partial charge < -0.3 is 4.90 Å². The van der Waals surface area contributed by atoms with E-state index >= 15 is 0 Å². The molecule has 0 aliphatic carbocycles. The molecule has 1 aliphatic rings. The Balaban J connectivity index is 2.05. The zero-order chi connectivity index (χ0) is 19.1. The zero-order valence-electron chi connectivity index (χ0n) is 14.9. The first-order valence-electron chi connectivity index (χ1n) is 8.47. The average Bonchev–Trinajstić information content (AvgIpc) is 2.89. The van der Waals surface area contributed by atoms with Crippen LogP contribution in [0.4, 0.5) is 11.4 Å². The first kappa shape index (κ1) is 18.9. The summed E-state index contributed by atoms with van der Waals surface area (Å²) in [5.41, 5.74) is 3.12. The Hall–Kier alpha value is -1.86. The second-order valence-electron chi connectivity index (χ2n) is 6.47. The summed E-state index contributed by atoms with van der Waals surface area (Å²) in [7, 11) is -3.80. The van der Waals surface area contributed by atoms with Crippen LogP contribution in [0.1, 0.15) is 31.9 Å². The third-order valence-electron chi connectivity index (χ3n) is 4.62. The number of carbonyl (C=O) groups is 1. The molecular formula is C19H21BrN2O3S. The number of para-hydroxylation sites is 1. The molecule has 5 nitrogen and oxygen atoms in total. The summed E-state index contributed by atoms with van der Waals surface area (Å²) in [5, 5.41) is 0. The summed E-state index contributed by atoms with van der Waals surface area (Å²) in [5.74, 6) is -0.0915. The van der Waals surface area contributed by atoms with Crippen molar-refractivity contribution < 1.29 is 13.2 Å². The number of hydrogen-bond acceptors (Lipinski definition) is 3. The number of rotatable bonds is 4. The number of aryl methyl sites for hydroxylation is 1. The molecule has 1 N–H and O–H groups in total. The molecule has 0 fully saturated rings. The molecule has 2 aromatic rings. The Kier molecular flexibility index (Phi) is 5.12. The van der Waals surface area contributed by atoms with Crippen molar-refractivity contribution in [1.29, 1.82) is 0 Å². The van der Waals surface area contributed by atoms with Gasteiger partial charge in [0, 0.05) is 23.1 Å². The normalized spacial score (nSPS) is 16.5. The van der Waals surface area contributed by atoms with Crippen LogP contribution in [-0.4, -0.2) is 20.4 Å². The third kappa shape index (κ3) is 3.38. The Morgan fingerprint density at radius 2 is 2.00 bits per heavy atom. The highest BCUT2D eigenvalue weighted by Gasteiger charge is 2.32. The molecule has 1 amide bonds. The van der Waals surface area contributed by atoms with Gasteiger partial charge in [-0.05, 0) is 65.0 Å². The van der Waals surface area contributed by atoms with Crippen LogP contribution >= 0.6 is 15.9 Å². The zero-order valence-corrected chi connectivity index (χ0v) is 17.3. The Bertz CT molecular complexity index is 973. The Morgan fingerprint density at radius 3 is 2.65 bits per heavy atom. The standard InChI is InChI=1S/C19H21BrN2O3S/c1-4-14-7-5-6-8-17(14)21-26(24,25)19-11-18-15(10-16(19)20)9-12(2)22(18)13(3)23/h5-8,10-12,21H,4,9H2,1-3H3/t12-/m1/s1. The van der Waals surface area contributed by atoms with Gasteiger partial charge in [0.25, 0.3) is 10.0 Å². The lowest BCUT2D eigenvalue weighted by molar-refractivity contribution is -0.116. The molecule has 138 valence electrons. The van der Waals surface area contributed by atoms with Gasteiger partial charge >= 0.3 is 0 Å². The number of fused-ring (bicyclic) bond motifs is 1. The lowest BCUT2D eigenvalue weighted by Crippen LogP contribution is -2.33. The van der Waals surface area contributed by atoms with Gasteiger partial charge in [0.15, 0.2) is 0 Å². The predicted octanol–water partition coefficient (Wildman–Crippen LogP) is 4.11. The predicted molar refractivity (Wildman–Crippen MR) is 107 cm³/mol. The van der Waals surface area contributed by atoms with Crippen LogP contribution in [0.5, 0.6) is 0 Å². The number of halogens is 1. The summed E-state index contributed by atoms with van der Waals surface area (Å²) in [6.45, 7) is 5.43. The van der Waals surface area contributed by atoms with E-state index in [9.17, 15) is 13.2 Å². The van der Waals surface area contributed by atoms with E-state index in [0.717, 1.165) is 17.5 Å². The molecule has 26 heavy (non-hydrogen) atoms. The highest BCUT2D eigenvalue weighted by Crippen LogP contribution is 2.38. The lowest BCUT2D eigenvalue weighted by Gasteiger charge is -2.21. The molecular weight excluding hydrogens is 416 g/mol. The van der Waals surface area contributed by atoms with Crippen LogP contribution in [-0.2, 0) is 27.7 Å². The van der Waals surface area contributed by atoms with Crippen molar-refractivity contribution in [2.45, 2.75) is 44.6 Å². The lowest BCUT2D eigenvalue weighted by atomic mass is 10.1. The highest BCUT2D eigenvalue weighted by atomic mass is 79.9. The molecule has 1 heterocycles. The third-order valence-corrected chi connectivity index (χ3v) is 6.94. The van der Waals surface area contributed by atoms with Gasteiger partial charge in [0.1, 0.15) is 4.90 Å². The van der Waals surface area contributed by atoms with Crippen LogP contribution in [0.25, 0.3) is 0 Å². The fourth-order valence-corrected chi connectivity index (χ4v) is 5.64. The van der Waals surface area contributed by atoms with Gasteiger partial charge in [-0.1, -0.05) is 25.1 Å². The van der Waals surface area contributed by atoms with Gasteiger partial charge in [0.05, 0.1) is 5.69 Å². The van der Waals surface area contributed by atoms with Gasteiger partial charge in [0.2, 0.25) is 5.91 Å². The first-order valence-corrected chi connectivity index (χ1v) is 10.7. The maximum absolute atomic E-state index is 13.0. The molecule has 0 saturated heterocycles. The number of amides is 1. The van der Waals surface area contributed by atoms with Gasteiger partial charge in [-0.15, -0.1) is 0 Å². The smallest absolute Gasteiger partial charge is 0.263 e. The van der Waals surface area contributed by atoms with Crippen molar-refractivity contribution in [2.24, 2.45) is 0 Å². The molecule has 2 aromatic carbocycles. The van der Waals surface area contributed by atoms with Crippen LogP contribution in [0.3, 0.4) is 0 Å². The molecule has 0 aromatic heterocycles. The maximum atomic E-state index is 13.0. The maximum Gasteiger partial charge on any atom is 0.263 e. The van der Waals surface area contributed by atoms with E-state index < -0.39 is 10.0 Å². The van der Waals surface area contributed by atoms with Crippen molar-refractivity contribution >= 4 is 43.2 Å². The number of nitrogens with one attached hydrogen (secondary N) is 1. The van der Waals surface area contributed by atoms with Crippen LogP contribution in [0, 0.1) is 0 Å². The first-order chi connectivity index (χ1) is 12.2. The largest absolute Gasteiger partial charge is 0.309 e. The minimum absolute atomic E-state index is 0.0149. The van der Waals surface area contributed by atoms with Crippen molar-refractivity contribution in [3.8, 4) is 0 Å². The summed E-state index contributed by atoms with van der Waals surface area (Å²) >= 11 is 3.39. The average molecular weight is 437 g/mol. The van der Waals surface area contributed by atoms with Crippen LogP contribution in [0.15, 0.2) is 45.8 Å².